The highest BCUT2D eigenvalue weighted by Crippen LogP contribution is 2.43. The maximum absolute atomic E-state index is 13.5. The number of amides is 1. The highest BCUT2D eigenvalue weighted by Gasteiger charge is 2.29. The summed E-state index contributed by atoms with van der Waals surface area (Å²) in [5.74, 6) is -2.31. The van der Waals surface area contributed by atoms with Crippen LogP contribution >= 0.6 is 0 Å². The summed E-state index contributed by atoms with van der Waals surface area (Å²) in [6, 6.07) is 3.88. The van der Waals surface area contributed by atoms with Crippen LogP contribution in [0.4, 0.5) is 23.2 Å². The molecule has 0 aliphatic carbocycles. The van der Waals surface area contributed by atoms with Crippen LogP contribution in [0.2, 0.25) is 0 Å². The quantitative estimate of drug-likeness (QED) is 0.457. The second-order valence-corrected chi connectivity index (χ2v) is 6.26. The number of phenolic OH excluding ortho intramolecular Hbond substituents is 1. The van der Waals surface area contributed by atoms with Crippen molar-refractivity contribution in [3.05, 3.63) is 40.7 Å². The van der Waals surface area contributed by atoms with Crippen LogP contribution in [0.25, 0.3) is 22.2 Å². The van der Waals surface area contributed by atoms with Crippen LogP contribution in [0, 0.1) is 13.8 Å². The van der Waals surface area contributed by atoms with Crippen molar-refractivity contribution in [2.45, 2.75) is 26.8 Å². The highest BCUT2D eigenvalue weighted by atomic mass is 19.3. The number of aromatic hydroxyl groups is 1. The number of fused-ring (bicyclic) bond motifs is 1. The Morgan fingerprint density at radius 1 is 1.18 bits per heavy atom. The number of nitrogen functional groups attached to an aromatic ring is 1. The van der Waals surface area contributed by atoms with Gasteiger partial charge < -0.3 is 16.6 Å². The fourth-order valence-corrected chi connectivity index (χ4v) is 3.30. The Balaban J connectivity index is 2.60. The van der Waals surface area contributed by atoms with Gasteiger partial charge in [-0.05, 0) is 42.7 Å². The normalized spacial score (nSPS) is 11.7. The van der Waals surface area contributed by atoms with E-state index in [1.165, 1.54) is 19.1 Å². The van der Waals surface area contributed by atoms with Crippen molar-refractivity contribution < 1.29 is 27.5 Å². The van der Waals surface area contributed by atoms with Crippen molar-refractivity contribution in [2.24, 2.45) is 5.73 Å². The molecular weight excluding hydrogens is 380 g/mol. The van der Waals surface area contributed by atoms with Crippen LogP contribution in [0.15, 0.2) is 18.2 Å². The summed E-state index contributed by atoms with van der Waals surface area (Å²) in [7, 11) is 0. The molecule has 0 aliphatic rings. The molecule has 3 aromatic rings. The monoisotopic (exact) mass is 396 g/mol. The van der Waals surface area contributed by atoms with Crippen molar-refractivity contribution in [2.75, 3.05) is 5.73 Å². The molecule has 2 aromatic carbocycles. The van der Waals surface area contributed by atoms with Crippen LogP contribution < -0.4 is 11.5 Å². The van der Waals surface area contributed by atoms with Crippen molar-refractivity contribution in [1.29, 1.82) is 0 Å². The lowest BCUT2D eigenvalue weighted by molar-refractivity contribution is 0.0520. The predicted octanol–water partition coefficient (Wildman–Crippen LogP) is 4.04. The maximum Gasteiger partial charge on any atom is 0.320 e. The van der Waals surface area contributed by atoms with Gasteiger partial charge in [-0.25, -0.2) is 13.8 Å². The number of hydrogen-bond donors (Lipinski definition) is 3. The van der Waals surface area contributed by atoms with Gasteiger partial charge in [0.25, 0.3) is 12.3 Å². The molecule has 0 radical (unpaired) electrons. The van der Waals surface area contributed by atoms with Gasteiger partial charge in [-0.1, -0.05) is 6.07 Å². The van der Waals surface area contributed by atoms with Gasteiger partial charge in [-0.3, -0.25) is 9.36 Å². The molecule has 28 heavy (non-hydrogen) atoms. The van der Waals surface area contributed by atoms with Gasteiger partial charge in [-0.15, -0.1) is 0 Å². The number of aryl methyl sites for hydroxylation is 1. The molecule has 148 valence electrons. The average Bonchev–Trinajstić information content (AvgIpc) is 2.99. The lowest BCUT2D eigenvalue weighted by Gasteiger charge is -2.16. The minimum atomic E-state index is -3.34. The van der Waals surface area contributed by atoms with Gasteiger partial charge in [-0.2, -0.15) is 8.78 Å². The van der Waals surface area contributed by atoms with Crippen molar-refractivity contribution in [3.8, 4) is 16.9 Å². The molecule has 5 N–H and O–H groups in total. The Morgan fingerprint density at radius 3 is 2.36 bits per heavy atom. The summed E-state index contributed by atoms with van der Waals surface area (Å²) in [5.41, 5.74) is 11.4. The van der Waals surface area contributed by atoms with Crippen LogP contribution in [0.5, 0.6) is 5.75 Å². The smallest absolute Gasteiger partial charge is 0.320 e. The molecule has 0 aliphatic heterocycles. The third kappa shape index (κ3) is 2.81. The Labute approximate surface area is 156 Å². The topological polar surface area (TPSA) is 107 Å². The number of nitrogens with two attached hydrogens (primary N) is 2. The number of rotatable bonds is 4. The largest absolute Gasteiger partial charge is 0.508 e. The Hall–Kier alpha value is -3.30. The van der Waals surface area contributed by atoms with E-state index in [4.69, 9.17) is 11.5 Å². The number of carbonyl (C=O) groups excluding carboxylic acids is 1. The fourth-order valence-electron chi connectivity index (χ4n) is 3.30. The Morgan fingerprint density at radius 2 is 1.82 bits per heavy atom. The van der Waals surface area contributed by atoms with E-state index in [9.17, 15) is 27.5 Å². The summed E-state index contributed by atoms with van der Waals surface area (Å²) in [4.78, 5) is 15.5. The van der Waals surface area contributed by atoms with Crippen LogP contribution in [0.1, 0.15) is 40.3 Å². The molecule has 0 fully saturated rings. The zero-order valence-corrected chi connectivity index (χ0v) is 14.8. The second kappa shape index (κ2) is 6.70. The molecular formula is C18H16F4N4O2. The van der Waals surface area contributed by atoms with Gasteiger partial charge >= 0.3 is 6.55 Å². The number of primary amides is 1. The number of phenols is 1. The molecule has 3 rings (SSSR count). The van der Waals surface area contributed by atoms with E-state index < -0.39 is 30.2 Å². The zero-order valence-electron chi connectivity index (χ0n) is 14.8. The first-order chi connectivity index (χ1) is 13.1. The first-order valence-electron chi connectivity index (χ1n) is 8.06. The molecule has 0 bridgehead atoms. The molecule has 1 heterocycles. The number of alkyl halides is 4. The lowest BCUT2D eigenvalue weighted by Crippen LogP contribution is -2.15. The first-order valence-corrected chi connectivity index (χ1v) is 8.06. The summed E-state index contributed by atoms with van der Waals surface area (Å²) >= 11 is 0. The number of halogens is 4. The molecule has 10 heteroatoms. The predicted molar refractivity (Wildman–Crippen MR) is 95.4 cm³/mol. The number of hydrogen-bond acceptors (Lipinski definition) is 4. The van der Waals surface area contributed by atoms with E-state index in [1.54, 1.807) is 6.92 Å². The zero-order chi connectivity index (χ0) is 20.9. The summed E-state index contributed by atoms with van der Waals surface area (Å²) in [5, 5.41) is 10.1. The SMILES string of the molecule is Cc1ccc(O)c(C)c1-c1c(N)c(C(N)=O)cc2c1nc(C(F)F)n2C(F)F. The Kier molecular flexibility index (Phi) is 4.66. The number of anilines is 1. The molecule has 1 amide bonds. The van der Waals surface area contributed by atoms with E-state index in [2.05, 4.69) is 4.98 Å². The summed E-state index contributed by atoms with van der Waals surface area (Å²) in [6.45, 7) is -0.141. The second-order valence-electron chi connectivity index (χ2n) is 6.26. The van der Waals surface area contributed by atoms with Gasteiger partial charge in [0.15, 0.2) is 5.82 Å². The number of aromatic nitrogens is 2. The van der Waals surface area contributed by atoms with Crippen LogP contribution in [0.3, 0.4) is 0 Å². The summed E-state index contributed by atoms with van der Waals surface area (Å²) < 4.78 is 53.9. The number of imidazole rings is 1. The van der Waals surface area contributed by atoms with Crippen molar-refractivity contribution in [3.63, 3.8) is 0 Å². The minimum absolute atomic E-state index is 0.0153. The van der Waals surface area contributed by atoms with Gasteiger partial charge in [0, 0.05) is 5.56 Å². The van der Waals surface area contributed by atoms with E-state index in [0.29, 0.717) is 16.7 Å². The molecule has 0 spiro atoms. The Bertz CT molecular complexity index is 1110. The molecule has 0 atom stereocenters. The number of nitrogens with zero attached hydrogens (tertiary/aromatic N) is 2. The van der Waals surface area contributed by atoms with E-state index in [1.807, 2.05) is 0 Å². The highest BCUT2D eigenvalue weighted by molar-refractivity contribution is 6.10. The molecule has 0 unspecified atom stereocenters. The molecule has 1 aromatic heterocycles. The average molecular weight is 396 g/mol. The van der Waals surface area contributed by atoms with Crippen LogP contribution in [-0.4, -0.2) is 20.6 Å². The van der Waals surface area contributed by atoms with Gasteiger partial charge in [0.05, 0.1) is 22.3 Å². The molecule has 6 nitrogen and oxygen atoms in total. The maximum atomic E-state index is 13.5. The van der Waals surface area contributed by atoms with Crippen molar-refractivity contribution >= 4 is 22.6 Å². The van der Waals surface area contributed by atoms with E-state index in [-0.39, 0.29) is 32.6 Å². The third-order valence-corrected chi connectivity index (χ3v) is 4.60. The first kappa shape index (κ1) is 19.5. The van der Waals surface area contributed by atoms with E-state index in [0.717, 1.165) is 6.07 Å². The molecule has 0 saturated carbocycles. The third-order valence-electron chi connectivity index (χ3n) is 4.60. The molecule has 0 saturated heterocycles. The number of benzene rings is 2. The van der Waals surface area contributed by atoms with Crippen molar-refractivity contribution in [1.82, 2.24) is 9.55 Å². The van der Waals surface area contributed by atoms with Gasteiger partial charge in [0.2, 0.25) is 0 Å². The van der Waals surface area contributed by atoms with Crippen LogP contribution in [-0.2, 0) is 0 Å². The fraction of sp³-hybridized carbons (Fsp3) is 0.222. The number of carbonyl (C=O) groups is 1. The van der Waals surface area contributed by atoms with E-state index >= 15 is 0 Å². The minimum Gasteiger partial charge on any atom is -0.508 e. The summed E-state index contributed by atoms with van der Waals surface area (Å²) in [6.07, 6.45) is -3.29. The lowest BCUT2D eigenvalue weighted by atomic mass is 9.91. The standard InChI is InChI=1S/C18H16F4N4O2/c1-6-3-4-10(27)7(2)11(6)12-13(23)8(16(24)28)5-9-14(12)25-17(15(19)20)26(9)18(21)22/h3-5,15,18,27H,23H2,1-2H3,(H2,24,28). The van der Waals surface area contributed by atoms with Gasteiger partial charge in [0.1, 0.15) is 5.75 Å².